The Kier molecular flexibility index (Phi) is 14.2. The van der Waals surface area contributed by atoms with Crippen LogP contribution in [0.4, 0.5) is 9.59 Å². The Morgan fingerprint density at radius 2 is 1.19 bits per heavy atom. The Hall–Kier alpha value is -5.39. The molecule has 0 aliphatic carbocycles. The number of benzene rings is 2. The van der Waals surface area contributed by atoms with Gasteiger partial charge in [0.25, 0.3) is 0 Å². The summed E-state index contributed by atoms with van der Waals surface area (Å²) in [5, 5.41) is 5.97. The van der Waals surface area contributed by atoms with Crippen molar-refractivity contribution in [3.63, 3.8) is 0 Å². The largest absolute Gasteiger partial charge is 0.445 e. The Bertz CT molecular complexity index is 2420. The van der Waals surface area contributed by atoms with E-state index >= 15 is 0 Å². The van der Waals surface area contributed by atoms with Gasteiger partial charge in [0.2, 0.25) is 0 Å². The second kappa shape index (κ2) is 19.7. The number of imidazole rings is 2. The Balaban J connectivity index is 0.000000196. The number of fused-ring (bicyclic) bond motifs is 2. The minimum atomic E-state index is -0.353. The molecule has 0 atom stereocenters. The predicted molar refractivity (Wildman–Crippen MR) is 225 cm³/mol. The van der Waals surface area contributed by atoms with Crippen molar-refractivity contribution in [3.8, 4) is 11.3 Å². The van der Waals surface area contributed by atoms with Crippen LogP contribution in [0, 0.1) is 0 Å². The first-order valence-corrected chi connectivity index (χ1v) is 21.2. The number of halogens is 1. The van der Waals surface area contributed by atoms with Crippen LogP contribution in [0.2, 0.25) is 0 Å². The smallest absolute Gasteiger partial charge is 0.409 e. The number of nitrogens with zero attached hydrogens (tertiary/aromatic N) is 10. The van der Waals surface area contributed by atoms with Gasteiger partial charge in [-0.05, 0) is 39.6 Å². The standard InChI is InChI=1S/C22H24N6O2S.C18H19BrN4O2S/c1-26(22(29)30-15-16-7-5-4-6-8-16)10-9-18-14-28-19(17-11-24-27(2)13-17)12-23-20(28)21(25-18)31-3;1-22(18(24)25-12-13-6-4-3-5-7-13)9-8-14-11-23-15(19)10-20-16(23)17(21-14)26-2/h4-8,11-14H,9-10,15H2,1-3H3;3-7,10-11H,8-9,12H2,1-2H3. The summed E-state index contributed by atoms with van der Waals surface area (Å²) in [5.41, 5.74) is 7.28. The van der Waals surface area contributed by atoms with E-state index in [1.165, 1.54) is 0 Å². The molecule has 5 heterocycles. The van der Waals surface area contributed by atoms with Crippen LogP contribution in [0.15, 0.2) is 112 Å². The van der Waals surface area contributed by atoms with E-state index in [2.05, 4.69) is 36.0 Å². The number of carbonyl (C=O) groups is 2. The van der Waals surface area contributed by atoms with E-state index in [0.717, 1.165) is 59.7 Å². The van der Waals surface area contributed by atoms with Crippen molar-refractivity contribution in [2.75, 3.05) is 39.7 Å². The molecule has 0 fully saturated rings. The first kappa shape index (κ1) is 41.2. The SMILES string of the molecule is CSc1nc(CCN(C)C(=O)OCc2ccccc2)cn2c(-c3cnn(C)c3)cnc12.CSc1nc(CCN(C)C(=O)OCc2ccccc2)cn2c(Br)cnc12. The number of aryl methyl sites for hydroxylation is 1. The average Bonchev–Trinajstić information content (AvgIpc) is 3.98. The van der Waals surface area contributed by atoms with Gasteiger partial charge in [0.05, 0.1) is 35.7 Å². The maximum absolute atomic E-state index is 12.3. The summed E-state index contributed by atoms with van der Waals surface area (Å²) in [6.07, 6.45) is 15.8. The number of aromatic nitrogens is 8. The molecule has 17 heteroatoms. The first-order chi connectivity index (χ1) is 27.6. The van der Waals surface area contributed by atoms with Crippen molar-refractivity contribution < 1.29 is 19.1 Å². The van der Waals surface area contributed by atoms with Gasteiger partial charge in [-0.1, -0.05) is 60.7 Å². The van der Waals surface area contributed by atoms with Crippen LogP contribution in [0.5, 0.6) is 0 Å². The molecule has 296 valence electrons. The summed E-state index contributed by atoms with van der Waals surface area (Å²) in [4.78, 5) is 45.9. The van der Waals surface area contributed by atoms with E-state index in [1.807, 2.05) is 120 Å². The van der Waals surface area contributed by atoms with E-state index in [-0.39, 0.29) is 25.4 Å². The fourth-order valence-electron chi connectivity index (χ4n) is 5.68. The van der Waals surface area contributed by atoms with Gasteiger partial charge >= 0.3 is 12.2 Å². The molecule has 7 aromatic rings. The van der Waals surface area contributed by atoms with Gasteiger partial charge < -0.3 is 19.3 Å². The van der Waals surface area contributed by atoms with Crippen molar-refractivity contribution in [1.29, 1.82) is 0 Å². The van der Waals surface area contributed by atoms with Crippen molar-refractivity contribution >= 4 is 62.9 Å². The number of ether oxygens (including phenoxy) is 2. The molecule has 2 aromatic carbocycles. The average molecular weight is 872 g/mol. The summed E-state index contributed by atoms with van der Waals surface area (Å²) in [6.45, 7) is 1.55. The lowest BCUT2D eigenvalue weighted by Gasteiger charge is -2.17. The van der Waals surface area contributed by atoms with E-state index in [9.17, 15) is 9.59 Å². The van der Waals surface area contributed by atoms with Gasteiger partial charge in [-0.2, -0.15) is 5.10 Å². The maximum Gasteiger partial charge on any atom is 0.409 e. The molecule has 7 rings (SSSR count). The van der Waals surface area contributed by atoms with E-state index < -0.39 is 0 Å². The fraction of sp³-hybridized carbons (Fsp3) is 0.275. The highest BCUT2D eigenvalue weighted by molar-refractivity contribution is 9.10. The molecule has 0 radical (unpaired) electrons. The van der Waals surface area contributed by atoms with Crippen molar-refractivity contribution in [2.45, 2.75) is 36.1 Å². The summed E-state index contributed by atoms with van der Waals surface area (Å²) < 4.78 is 17.4. The zero-order chi connectivity index (χ0) is 40.3. The molecule has 14 nitrogen and oxygen atoms in total. The number of amides is 2. The van der Waals surface area contributed by atoms with Gasteiger partial charge in [0.1, 0.15) is 27.9 Å². The Labute approximate surface area is 347 Å². The topological polar surface area (TPSA) is 137 Å². The summed E-state index contributed by atoms with van der Waals surface area (Å²) in [5.74, 6) is 0. The van der Waals surface area contributed by atoms with Gasteiger partial charge in [-0.3, -0.25) is 13.5 Å². The Morgan fingerprint density at radius 1 is 0.702 bits per heavy atom. The lowest BCUT2D eigenvalue weighted by atomic mass is 10.2. The normalized spacial score (nSPS) is 11.0. The van der Waals surface area contributed by atoms with Crippen LogP contribution in [-0.4, -0.2) is 100 Å². The molecular weight excluding hydrogens is 829 g/mol. The molecule has 5 aromatic heterocycles. The molecule has 0 aliphatic rings. The van der Waals surface area contributed by atoms with Crippen molar-refractivity contribution in [2.24, 2.45) is 7.05 Å². The van der Waals surface area contributed by atoms with Crippen LogP contribution in [0.3, 0.4) is 0 Å². The van der Waals surface area contributed by atoms with Crippen LogP contribution >= 0.6 is 39.5 Å². The third kappa shape index (κ3) is 10.7. The maximum atomic E-state index is 12.3. The third-order valence-electron chi connectivity index (χ3n) is 8.81. The van der Waals surface area contributed by atoms with E-state index in [4.69, 9.17) is 14.5 Å². The van der Waals surface area contributed by atoms with Crippen LogP contribution in [0.25, 0.3) is 22.6 Å². The molecular formula is C40H43BrN10O4S2. The molecule has 2 amide bonds. The van der Waals surface area contributed by atoms with Gasteiger partial charge in [0.15, 0.2) is 11.3 Å². The number of thioether (sulfide) groups is 2. The lowest BCUT2D eigenvalue weighted by Crippen LogP contribution is -2.29. The van der Waals surface area contributed by atoms with Gasteiger partial charge in [0, 0.05) is 71.2 Å². The molecule has 0 unspecified atom stereocenters. The van der Waals surface area contributed by atoms with Crippen LogP contribution < -0.4 is 0 Å². The molecule has 0 spiro atoms. The van der Waals surface area contributed by atoms with Crippen molar-refractivity contribution in [1.82, 2.24) is 48.3 Å². The minimum absolute atomic E-state index is 0.258. The number of rotatable bonds is 13. The second-order valence-electron chi connectivity index (χ2n) is 12.9. The van der Waals surface area contributed by atoms with Gasteiger partial charge in [-0.15, -0.1) is 23.5 Å². The van der Waals surface area contributed by atoms with Crippen molar-refractivity contribution in [3.05, 3.63) is 125 Å². The molecule has 0 bridgehead atoms. The lowest BCUT2D eigenvalue weighted by molar-refractivity contribution is 0.104. The van der Waals surface area contributed by atoms with Crippen LogP contribution in [-0.2, 0) is 42.6 Å². The van der Waals surface area contributed by atoms with E-state index in [0.29, 0.717) is 25.9 Å². The zero-order valence-electron chi connectivity index (χ0n) is 32.3. The monoisotopic (exact) mass is 870 g/mol. The fourth-order valence-corrected chi connectivity index (χ4v) is 7.13. The van der Waals surface area contributed by atoms with Gasteiger partial charge in [-0.25, -0.2) is 29.5 Å². The second-order valence-corrected chi connectivity index (χ2v) is 15.3. The molecule has 0 N–H and O–H groups in total. The minimum Gasteiger partial charge on any atom is -0.445 e. The Morgan fingerprint density at radius 3 is 1.68 bits per heavy atom. The predicted octanol–water partition coefficient (Wildman–Crippen LogP) is 7.69. The molecule has 57 heavy (non-hydrogen) atoms. The summed E-state index contributed by atoms with van der Waals surface area (Å²) >= 11 is 6.59. The molecule has 0 saturated heterocycles. The highest BCUT2D eigenvalue weighted by Crippen LogP contribution is 2.26. The number of hydrogen-bond donors (Lipinski definition) is 0. The number of hydrogen-bond acceptors (Lipinski definition) is 11. The quantitative estimate of drug-likeness (QED) is 0.106. The van der Waals surface area contributed by atoms with E-state index in [1.54, 1.807) is 58.3 Å². The number of likely N-dealkylation sites (N-methyl/N-ethyl adjacent to an activating group) is 2. The summed E-state index contributed by atoms with van der Waals surface area (Å²) in [7, 11) is 5.35. The first-order valence-electron chi connectivity index (χ1n) is 17.9. The molecule has 0 aliphatic heterocycles. The highest BCUT2D eigenvalue weighted by atomic mass is 79.9. The third-order valence-corrected chi connectivity index (χ3v) is 10.7. The van der Waals surface area contributed by atoms with Crippen LogP contribution in [0.1, 0.15) is 22.5 Å². The zero-order valence-corrected chi connectivity index (χ0v) is 35.5. The molecule has 0 saturated carbocycles. The summed E-state index contributed by atoms with van der Waals surface area (Å²) in [6, 6.07) is 19.3. The number of carbonyl (C=O) groups excluding carboxylic acids is 2. The highest BCUT2D eigenvalue weighted by Gasteiger charge is 2.17.